The second-order valence-electron chi connectivity index (χ2n) is 7.62. The summed E-state index contributed by atoms with van der Waals surface area (Å²) in [4.78, 5) is 4.83. The zero-order valence-corrected chi connectivity index (χ0v) is 15.4. The number of nitrogens with one attached hydrogen (secondary N) is 1. The molecule has 0 bridgehead atoms. The van der Waals surface area contributed by atoms with Gasteiger partial charge in [0.05, 0.1) is 5.41 Å². The lowest BCUT2D eigenvalue weighted by atomic mass is 9.72. The van der Waals surface area contributed by atoms with Crippen LogP contribution in [0.4, 0.5) is 0 Å². The fourth-order valence-corrected chi connectivity index (χ4v) is 4.06. The van der Waals surface area contributed by atoms with Gasteiger partial charge in [-0.25, -0.2) is 0 Å². The van der Waals surface area contributed by atoms with Crippen LogP contribution in [0.2, 0.25) is 0 Å². The average molecular weight is 338 g/mol. The van der Waals surface area contributed by atoms with Crippen LogP contribution in [0.5, 0.6) is 0 Å². The van der Waals surface area contributed by atoms with Crippen molar-refractivity contribution in [3.05, 3.63) is 36.4 Å². The third kappa shape index (κ3) is 2.58. The highest BCUT2D eigenvalue weighted by molar-refractivity contribution is 5.94. The molecule has 4 rings (SSSR count). The Hall–Kier alpha value is -2.14. The standard InChI is InChI=1S/C20H26N4O/c1-5-14-10-20(3,13(2)21-11-14)19-22-18(23-25-19)16-12-24(4)17-9-7-6-8-15(16)17/h6-9,12-14,21H,5,10-11H2,1-4H3. The van der Waals surface area contributed by atoms with E-state index >= 15 is 0 Å². The first-order valence-electron chi connectivity index (χ1n) is 9.15. The molecule has 1 N–H and O–H groups in total. The Balaban J connectivity index is 1.74. The molecule has 0 spiro atoms. The Morgan fingerprint density at radius 2 is 2.16 bits per heavy atom. The van der Waals surface area contributed by atoms with Gasteiger partial charge in [-0.2, -0.15) is 4.98 Å². The van der Waals surface area contributed by atoms with E-state index in [0.717, 1.165) is 29.8 Å². The van der Waals surface area contributed by atoms with E-state index in [1.165, 1.54) is 11.9 Å². The number of aromatic nitrogens is 3. The maximum atomic E-state index is 5.77. The van der Waals surface area contributed by atoms with Crippen molar-refractivity contribution in [2.45, 2.75) is 45.1 Å². The number of nitrogens with zero attached hydrogens (tertiary/aromatic N) is 3. The molecular weight excluding hydrogens is 312 g/mol. The van der Waals surface area contributed by atoms with Crippen LogP contribution in [-0.2, 0) is 12.5 Å². The van der Waals surface area contributed by atoms with Crippen LogP contribution in [0.1, 0.15) is 39.5 Å². The molecule has 3 aromatic rings. The summed E-state index contributed by atoms with van der Waals surface area (Å²) in [5, 5.41) is 9.11. The van der Waals surface area contributed by atoms with Gasteiger partial charge in [-0.3, -0.25) is 0 Å². The smallest absolute Gasteiger partial charge is 0.234 e. The number of benzene rings is 1. The van der Waals surface area contributed by atoms with Gasteiger partial charge in [0.2, 0.25) is 11.7 Å². The average Bonchev–Trinajstić information content (AvgIpc) is 3.23. The van der Waals surface area contributed by atoms with Gasteiger partial charge < -0.3 is 14.4 Å². The number of hydrogen-bond donors (Lipinski definition) is 1. The molecule has 3 atom stereocenters. The first-order chi connectivity index (χ1) is 12.0. The van der Waals surface area contributed by atoms with Crippen molar-refractivity contribution >= 4 is 10.9 Å². The molecule has 3 unspecified atom stereocenters. The topological polar surface area (TPSA) is 55.9 Å². The van der Waals surface area contributed by atoms with E-state index in [9.17, 15) is 0 Å². The van der Waals surface area contributed by atoms with E-state index in [0.29, 0.717) is 17.8 Å². The van der Waals surface area contributed by atoms with Gasteiger partial charge >= 0.3 is 0 Å². The maximum absolute atomic E-state index is 5.77. The zero-order valence-electron chi connectivity index (χ0n) is 15.4. The van der Waals surface area contributed by atoms with Crippen molar-refractivity contribution in [3.8, 4) is 11.4 Å². The minimum Gasteiger partial charge on any atom is -0.350 e. The highest BCUT2D eigenvalue weighted by Gasteiger charge is 2.43. The minimum atomic E-state index is -0.130. The maximum Gasteiger partial charge on any atom is 0.234 e. The summed E-state index contributed by atoms with van der Waals surface area (Å²) in [5.41, 5.74) is 2.07. The van der Waals surface area contributed by atoms with Crippen LogP contribution in [0, 0.1) is 5.92 Å². The van der Waals surface area contributed by atoms with E-state index in [2.05, 4.69) is 60.2 Å². The van der Waals surface area contributed by atoms with Crippen molar-refractivity contribution in [1.82, 2.24) is 20.0 Å². The number of para-hydroxylation sites is 1. The predicted octanol–water partition coefficient (Wildman–Crippen LogP) is 3.89. The zero-order chi connectivity index (χ0) is 17.6. The Labute approximate surface area is 148 Å². The molecule has 1 aliphatic heterocycles. The largest absolute Gasteiger partial charge is 0.350 e. The second-order valence-corrected chi connectivity index (χ2v) is 7.62. The Bertz CT molecular complexity index is 896. The van der Waals surface area contributed by atoms with Crippen molar-refractivity contribution in [2.75, 3.05) is 6.54 Å². The number of piperidine rings is 1. The number of fused-ring (bicyclic) bond motifs is 1. The van der Waals surface area contributed by atoms with Crippen LogP contribution in [0.15, 0.2) is 35.0 Å². The summed E-state index contributed by atoms with van der Waals surface area (Å²) < 4.78 is 7.88. The molecule has 5 nitrogen and oxygen atoms in total. The molecule has 1 fully saturated rings. The fourth-order valence-electron chi connectivity index (χ4n) is 4.06. The number of hydrogen-bond acceptors (Lipinski definition) is 4. The summed E-state index contributed by atoms with van der Waals surface area (Å²) >= 11 is 0. The van der Waals surface area contributed by atoms with Crippen molar-refractivity contribution in [3.63, 3.8) is 0 Å². The molecule has 1 aromatic carbocycles. The lowest BCUT2D eigenvalue weighted by Gasteiger charge is -2.41. The first kappa shape index (κ1) is 16.3. The van der Waals surface area contributed by atoms with Crippen LogP contribution >= 0.6 is 0 Å². The van der Waals surface area contributed by atoms with Gasteiger partial charge in [0.1, 0.15) is 0 Å². The molecular formula is C20H26N4O. The Morgan fingerprint density at radius 3 is 2.96 bits per heavy atom. The summed E-state index contributed by atoms with van der Waals surface area (Å²) in [5.74, 6) is 2.07. The monoisotopic (exact) mass is 338 g/mol. The van der Waals surface area contributed by atoms with Crippen LogP contribution < -0.4 is 5.32 Å². The third-order valence-corrected chi connectivity index (χ3v) is 6.01. The summed E-state index contributed by atoms with van der Waals surface area (Å²) in [6.45, 7) is 7.77. The van der Waals surface area contributed by atoms with Gasteiger partial charge in [-0.05, 0) is 38.8 Å². The molecule has 0 aliphatic carbocycles. The van der Waals surface area contributed by atoms with Gasteiger partial charge in [-0.15, -0.1) is 0 Å². The number of aryl methyl sites for hydroxylation is 1. The summed E-state index contributed by atoms with van der Waals surface area (Å²) in [6.07, 6.45) is 4.33. The molecule has 1 aliphatic rings. The van der Waals surface area contributed by atoms with Gasteiger partial charge in [0.15, 0.2) is 0 Å². The molecule has 0 radical (unpaired) electrons. The molecule has 2 aromatic heterocycles. The molecule has 3 heterocycles. The predicted molar refractivity (Wildman–Crippen MR) is 99.4 cm³/mol. The number of rotatable bonds is 3. The third-order valence-electron chi connectivity index (χ3n) is 6.01. The van der Waals surface area contributed by atoms with Crippen LogP contribution in [0.3, 0.4) is 0 Å². The summed E-state index contributed by atoms with van der Waals surface area (Å²) in [6, 6.07) is 8.64. The molecule has 0 amide bonds. The van der Waals surface area contributed by atoms with Crippen molar-refractivity contribution in [1.29, 1.82) is 0 Å². The molecule has 1 saturated heterocycles. The molecule has 25 heavy (non-hydrogen) atoms. The van der Waals surface area contributed by atoms with Crippen molar-refractivity contribution in [2.24, 2.45) is 13.0 Å². The SMILES string of the molecule is CCC1CNC(C)C(C)(c2nc(-c3cn(C)c4ccccc34)no2)C1. The normalized spacial score (nSPS) is 27.0. The van der Waals surface area contributed by atoms with E-state index in [-0.39, 0.29) is 5.41 Å². The quantitative estimate of drug-likeness (QED) is 0.787. The van der Waals surface area contributed by atoms with Crippen LogP contribution in [-0.4, -0.2) is 27.3 Å². The summed E-state index contributed by atoms with van der Waals surface area (Å²) in [7, 11) is 2.05. The molecule has 0 saturated carbocycles. The Kier molecular flexibility index (Phi) is 3.91. The Morgan fingerprint density at radius 1 is 1.36 bits per heavy atom. The highest BCUT2D eigenvalue weighted by atomic mass is 16.5. The first-order valence-corrected chi connectivity index (χ1v) is 9.15. The van der Waals surface area contributed by atoms with Crippen LogP contribution in [0.25, 0.3) is 22.3 Å². The minimum absolute atomic E-state index is 0.130. The lowest BCUT2D eigenvalue weighted by Crippen LogP contribution is -2.52. The van der Waals surface area contributed by atoms with Gasteiger partial charge in [-0.1, -0.05) is 36.7 Å². The molecule has 132 valence electrons. The lowest BCUT2D eigenvalue weighted by molar-refractivity contribution is 0.153. The fraction of sp³-hybridized carbons (Fsp3) is 0.500. The highest BCUT2D eigenvalue weighted by Crippen LogP contribution is 2.38. The second kappa shape index (κ2) is 5.99. The van der Waals surface area contributed by atoms with E-state index in [1.54, 1.807) is 0 Å². The molecule has 5 heteroatoms. The van der Waals surface area contributed by atoms with Gasteiger partial charge in [0, 0.05) is 35.8 Å². The van der Waals surface area contributed by atoms with E-state index in [4.69, 9.17) is 9.51 Å². The van der Waals surface area contributed by atoms with E-state index < -0.39 is 0 Å². The van der Waals surface area contributed by atoms with E-state index in [1.807, 2.05) is 13.1 Å². The van der Waals surface area contributed by atoms with Gasteiger partial charge in [0.25, 0.3) is 0 Å². The van der Waals surface area contributed by atoms with Crippen molar-refractivity contribution < 1.29 is 4.52 Å².